The molecule has 0 fully saturated rings. The van der Waals surface area contributed by atoms with Crippen molar-refractivity contribution in [2.24, 2.45) is 0 Å². The van der Waals surface area contributed by atoms with E-state index in [-0.39, 0.29) is 0 Å². The number of unbranched alkanes of at least 4 members (excludes halogenated alkanes) is 15. The molecule has 0 aliphatic rings. The highest BCUT2D eigenvalue weighted by Crippen LogP contribution is 2.13. The van der Waals surface area contributed by atoms with Crippen molar-refractivity contribution < 1.29 is 8.42 Å². The lowest BCUT2D eigenvalue weighted by atomic mass is 10.0. The van der Waals surface area contributed by atoms with Gasteiger partial charge in [-0.15, -0.1) is 0 Å². The fraction of sp³-hybridized carbons (Fsp3) is 1.00. The highest BCUT2D eigenvalue weighted by Gasteiger charge is 2.09. The zero-order valence-corrected chi connectivity index (χ0v) is 17.5. The van der Waals surface area contributed by atoms with Crippen molar-refractivity contribution in [3.8, 4) is 0 Å². The maximum atomic E-state index is 11.2. The van der Waals surface area contributed by atoms with Gasteiger partial charge in [-0.25, -0.2) is 12.7 Å². The molecule has 0 aliphatic heterocycles. The summed E-state index contributed by atoms with van der Waals surface area (Å²) in [7, 11) is -1.32. The van der Waals surface area contributed by atoms with Crippen LogP contribution in [0.3, 0.4) is 0 Å². The van der Waals surface area contributed by atoms with Gasteiger partial charge >= 0.3 is 0 Å². The van der Waals surface area contributed by atoms with Crippen LogP contribution in [0.25, 0.3) is 0 Å². The first-order valence-electron chi connectivity index (χ1n) is 10.4. The summed E-state index contributed by atoms with van der Waals surface area (Å²) in [6, 6.07) is 0. The Bertz CT molecular complexity index is 355. The molecule has 0 radical (unpaired) electrons. The molecule has 0 aromatic heterocycles. The lowest BCUT2D eigenvalue weighted by Crippen LogP contribution is -2.26. The van der Waals surface area contributed by atoms with E-state index in [4.69, 9.17) is 0 Å². The van der Waals surface area contributed by atoms with Crippen LogP contribution in [-0.2, 0) is 10.0 Å². The van der Waals surface area contributed by atoms with Crippen LogP contribution in [0.4, 0.5) is 0 Å². The van der Waals surface area contributed by atoms with Crippen LogP contribution < -0.4 is 0 Å². The first-order chi connectivity index (χ1) is 11.5. The largest absolute Gasteiger partial charge is 0.213 e. The van der Waals surface area contributed by atoms with Crippen molar-refractivity contribution in [2.45, 2.75) is 110 Å². The highest BCUT2D eigenvalue weighted by atomic mass is 32.2. The van der Waals surface area contributed by atoms with Crippen LogP contribution in [-0.4, -0.2) is 32.6 Å². The van der Waals surface area contributed by atoms with Crippen LogP contribution in [0.1, 0.15) is 110 Å². The van der Waals surface area contributed by atoms with Crippen molar-refractivity contribution in [3.63, 3.8) is 0 Å². The number of hydrogen-bond donors (Lipinski definition) is 0. The second kappa shape index (κ2) is 16.4. The first kappa shape index (κ1) is 23.9. The number of rotatable bonds is 18. The molecule has 0 heterocycles. The minimum Gasteiger partial charge on any atom is -0.213 e. The highest BCUT2D eigenvalue weighted by molar-refractivity contribution is 7.88. The molecule has 0 rings (SSSR count). The van der Waals surface area contributed by atoms with Gasteiger partial charge in [0.1, 0.15) is 0 Å². The Kier molecular flexibility index (Phi) is 16.3. The van der Waals surface area contributed by atoms with E-state index in [1.54, 1.807) is 7.05 Å². The maximum Gasteiger partial charge on any atom is 0.210 e. The molecule has 0 N–H and O–H groups in total. The van der Waals surface area contributed by atoms with Gasteiger partial charge in [0.05, 0.1) is 6.26 Å². The van der Waals surface area contributed by atoms with E-state index in [9.17, 15) is 8.42 Å². The van der Waals surface area contributed by atoms with Crippen molar-refractivity contribution >= 4 is 10.0 Å². The fourth-order valence-corrected chi connectivity index (χ4v) is 3.51. The molecule has 0 aromatic carbocycles. The first-order valence-corrected chi connectivity index (χ1v) is 12.2. The minimum absolute atomic E-state index is 0.664. The monoisotopic (exact) mass is 361 g/mol. The van der Waals surface area contributed by atoms with Gasteiger partial charge in [-0.1, -0.05) is 103 Å². The molecule has 146 valence electrons. The molecule has 0 spiro atoms. The van der Waals surface area contributed by atoms with Gasteiger partial charge in [0.15, 0.2) is 0 Å². The van der Waals surface area contributed by atoms with E-state index < -0.39 is 10.0 Å². The van der Waals surface area contributed by atoms with Crippen LogP contribution in [0.2, 0.25) is 0 Å². The quantitative estimate of drug-likeness (QED) is 0.275. The van der Waals surface area contributed by atoms with Crippen LogP contribution in [0.5, 0.6) is 0 Å². The molecule has 0 bridgehead atoms. The average molecular weight is 362 g/mol. The van der Waals surface area contributed by atoms with E-state index in [2.05, 4.69) is 6.92 Å². The molecule has 0 aliphatic carbocycles. The molecular weight excluding hydrogens is 318 g/mol. The average Bonchev–Trinajstić information content (AvgIpc) is 2.53. The minimum atomic E-state index is -2.99. The van der Waals surface area contributed by atoms with E-state index in [0.29, 0.717) is 6.54 Å². The Labute approximate surface area is 152 Å². The summed E-state index contributed by atoms with van der Waals surface area (Å²) in [5.74, 6) is 0. The molecule has 3 nitrogen and oxygen atoms in total. The predicted molar refractivity (Wildman–Crippen MR) is 107 cm³/mol. The lowest BCUT2D eigenvalue weighted by Gasteiger charge is -2.13. The zero-order valence-electron chi connectivity index (χ0n) is 16.7. The smallest absolute Gasteiger partial charge is 0.210 e. The summed E-state index contributed by atoms with van der Waals surface area (Å²) < 4.78 is 24.0. The molecule has 0 saturated carbocycles. The predicted octanol–water partition coefficient (Wildman–Crippen LogP) is 6.14. The van der Waals surface area contributed by atoms with E-state index in [0.717, 1.165) is 12.8 Å². The van der Waals surface area contributed by atoms with Crippen LogP contribution in [0, 0.1) is 0 Å². The SMILES string of the molecule is CCCCCCCCCCCCCCCCCCN(C)S(C)(=O)=O. The third kappa shape index (κ3) is 16.8. The molecule has 0 aromatic rings. The molecule has 24 heavy (non-hydrogen) atoms. The molecule has 4 heteroatoms. The Balaban J connectivity index is 3.13. The fourth-order valence-electron chi connectivity index (χ4n) is 3.05. The molecule has 0 unspecified atom stereocenters. The summed E-state index contributed by atoms with van der Waals surface area (Å²) in [5, 5.41) is 0. The Morgan fingerprint density at radius 2 is 0.875 bits per heavy atom. The molecular formula is C20H43NO2S. The van der Waals surface area contributed by atoms with E-state index in [1.807, 2.05) is 0 Å². The van der Waals surface area contributed by atoms with Crippen LogP contribution >= 0.6 is 0 Å². The summed E-state index contributed by atoms with van der Waals surface area (Å²) >= 11 is 0. The third-order valence-corrected chi connectivity index (χ3v) is 6.21. The molecule has 0 atom stereocenters. The number of nitrogens with zero attached hydrogens (tertiary/aromatic N) is 1. The number of hydrogen-bond acceptors (Lipinski definition) is 2. The van der Waals surface area contributed by atoms with Gasteiger partial charge < -0.3 is 0 Å². The summed E-state index contributed by atoms with van der Waals surface area (Å²) in [6.45, 7) is 2.94. The molecule has 0 saturated heterocycles. The van der Waals surface area contributed by atoms with Crippen molar-refractivity contribution in [1.82, 2.24) is 4.31 Å². The molecule has 0 amide bonds. The van der Waals surface area contributed by atoms with Crippen molar-refractivity contribution in [2.75, 3.05) is 19.8 Å². The van der Waals surface area contributed by atoms with Crippen molar-refractivity contribution in [3.05, 3.63) is 0 Å². The second-order valence-corrected chi connectivity index (χ2v) is 9.48. The van der Waals surface area contributed by atoms with Gasteiger partial charge in [-0.2, -0.15) is 0 Å². The van der Waals surface area contributed by atoms with Gasteiger partial charge in [0.25, 0.3) is 0 Å². The number of sulfonamides is 1. The van der Waals surface area contributed by atoms with E-state index >= 15 is 0 Å². The summed E-state index contributed by atoms with van der Waals surface area (Å²) in [6.07, 6.45) is 22.8. The van der Waals surface area contributed by atoms with Gasteiger partial charge in [-0.05, 0) is 6.42 Å². The van der Waals surface area contributed by atoms with Crippen LogP contribution in [0.15, 0.2) is 0 Å². The Morgan fingerprint density at radius 3 is 1.17 bits per heavy atom. The Morgan fingerprint density at radius 1 is 0.583 bits per heavy atom. The summed E-state index contributed by atoms with van der Waals surface area (Å²) in [5.41, 5.74) is 0. The van der Waals surface area contributed by atoms with Gasteiger partial charge in [-0.3, -0.25) is 0 Å². The van der Waals surface area contributed by atoms with Gasteiger partial charge in [0.2, 0.25) is 10.0 Å². The Hall–Kier alpha value is -0.0900. The maximum absolute atomic E-state index is 11.2. The normalized spacial score (nSPS) is 12.2. The lowest BCUT2D eigenvalue weighted by molar-refractivity contribution is 0.451. The second-order valence-electron chi connectivity index (χ2n) is 7.39. The third-order valence-electron chi connectivity index (χ3n) is 4.89. The zero-order chi connectivity index (χ0) is 18.1. The van der Waals surface area contributed by atoms with E-state index in [1.165, 1.54) is 100 Å². The topological polar surface area (TPSA) is 37.4 Å². The van der Waals surface area contributed by atoms with Crippen molar-refractivity contribution in [1.29, 1.82) is 0 Å². The summed E-state index contributed by atoms with van der Waals surface area (Å²) in [4.78, 5) is 0. The van der Waals surface area contributed by atoms with Gasteiger partial charge in [0, 0.05) is 13.6 Å². The standard InChI is InChI=1S/C20H43NO2S/c1-4-5-6-7-8-9-10-11-12-13-14-15-16-17-18-19-20-21(2)24(3,22)23/h4-20H2,1-3H3.